The number of nitrogens with one attached hydrogen (secondary N) is 1. The third kappa shape index (κ3) is 4.90. The SMILES string of the molecule is CCN(Cc1cnn(CC)c1)C(=O)NC[C@H](C)OC. The molecule has 1 N–H and O–H groups in total. The highest BCUT2D eigenvalue weighted by molar-refractivity contribution is 5.74. The maximum atomic E-state index is 12.0. The third-order valence-corrected chi connectivity index (χ3v) is 3.00. The Hall–Kier alpha value is -1.56. The van der Waals surface area contributed by atoms with Gasteiger partial charge < -0.3 is 15.0 Å². The van der Waals surface area contributed by atoms with Crippen LogP contribution < -0.4 is 5.32 Å². The monoisotopic (exact) mass is 268 g/mol. The van der Waals surface area contributed by atoms with Gasteiger partial charge in [-0.1, -0.05) is 0 Å². The zero-order valence-electron chi connectivity index (χ0n) is 12.2. The normalized spacial score (nSPS) is 12.2. The Morgan fingerprint density at radius 2 is 2.32 bits per heavy atom. The Kier molecular flexibility index (Phi) is 6.35. The van der Waals surface area contributed by atoms with E-state index in [2.05, 4.69) is 10.4 Å². The van der Waals surface area contributed by atoms with Crippen LogP contribution in [0.25, 0.3) is 0 Å². The van der Waals surface area contributed by atoms with Crippen LogP contribution in [0.15, 0.2) is 12.4 Å². The van der Waals surface area contributed by atoms with Gasteiger partial charge in [0.15, 0.2) is 0 Å². The fraction of sp³-hybridized carbons (Fsp3) is 0.692. The molecule has 0 radical (unpaired) electrons. The number of hydrogen-bond donors (Lipinski definition) is 1. The minimum Gasteiger partial charge on any atom is -0.380 e. The second-order valence-corrected chi connectivity index (χ2v) is 4.45. The molecule has 0 aliphatic carbocycles. The molecule has 108 valence electrons. The summed E-state index contributed by atoms with van der Waals surface area (Å²) < 4.78 is 6.96. The van der Waals surface area contributed by atoms with Gasteiger partial charge in [-0.25, -0.2) is 4.79 Å². The van der Waals surface area contributed by atoms with Gasteiger partial charge in [0, 0.05) is 38.5 Å². The molecule has 1 rings (SSSR count). The van der Waals surface area contributed by atoms with Crippen molar-refractivity contribution in [2.75, 3.05) is 20.2 Å². The lowest BCUT2D eigenvalue weighted by Gasteiger charge is -2.21. The molecule has 1 aromatic heterocycles. The topological polar surface area (TPSA) is 59.4 Å². The number of rotatable bonds is 7. The third-order valence-electron chi connectivity index (χ3n) is 3.00. The molecule has 6 nitrogen and oxygen atoms in total. The molecule has 0 aliphatic heterocycles. The molecule has 6 heteroatoms. The van der Waals surface area contributed by atoms with Gasteiger partial charge in [-0.15, -0.1) is 0 Å². The van der Waals surface area contributed by atoms with E-state index in [0.29, 0.717) is 19.6 Å². The van der Waals surface area contributed by atoms with Gasteiger partial charge in [0.05, 0.1) is 18.8 Å². The fourth-order valence-corrected chi connectivity index (χ4v) is 1.63. The number of methoxy groups -OCH3 is 1. The lowest BCUT2D eigenvalue weighted by Crippen LogP contribution is -2.42. The van der Waals surface area contributed by atoms with Crippen LogP contribution in [0, 0.1) is 0 Å². The molecule has 2 amide bonds. The molecule has 0 fully saturated rings. The molecular weight excluding hydrogens is 244 g/mol. The minimum absolute atomic E-state index is 0.0190. The summed E-state index contributed by atoms with van der Waals surface area (Å²) in [6.45, 7) is 8.50. The predicted octanol–water partition coefficient (Wildman–Crippen LogP) is 1.47. The molecule has 1 atom stereocenters. The highest BCUT2D eigenvalue weighted by Crippen LogP contribution is 2.04. The van der Waals surface area contributed by atoms with Crippen molar-refractivity contribution >= 4 is 6.03 Å². The number of carbonyl (C=O) groups excluding carboxylic acids is 1. The number of ether oxygens (including phenoxy) is 1. The lowest BCUT2D eigenvalue weighted by atomic mass is 10.3. The Balaban J connectivity index is 2.50. The van der Waals surface area contributed by atoms with Gasteiger partial charge in [-0.3, -0.25) is 4.68 Å². The lowest BCUT2D eigenvalue weighted by molar-refractivity contribution is 0.115. The molecule has 1 aromatic rings. The first kappa shape index (κ1) is 15.5. The van der Waals surface area contributed by atoms with Crippen LogP contribution in [0.3, 0.4) is 0 Å². The van der Waals surface area contributed by atoms with E-state index in [-0.39, 0.29) is 12.1 Å². The first-order chi connectivity index (χ1) is 9.10. The standard InChI is InChI=1S/C13H24N4O2/c1-5-16(13(18)14-7-11(3)19-4)9-12-8-15-17(6-2)10-12/h8,10-11H,5-7,9H2,1-4H3,(H,14,18)/t11-/m0/s1. The van der Waals surface area contributed by atoms with Gasteiger partial charge in [0.1, 0.15) is 0 Å². The Morgan fingerprint density at radius 3 is 2.84 bits per heavy atom. The van der Waals surface area contributed by atoms with Gasteiger partial charge in [0.25, 0.3) is 0 Å². The summed E-state index contributed by atoms with van der Waals surface area (Å²) in [5.74, 6) is 0. The van der Waals surface area contributed by atoms with Crippen LogP contribution in [0.1, 0.15) is 26.3 Å². The Bertz CT molecular complexity index is 392. The summed E-state index contributed by atoms with van der Waals surface area (Å²) in [4.78, 5) is 13.8. The van der Waals surface area contributed by atoms with Crippen LogP contribution >= 0.6 is 0 Å². The molecule has 0 aliphatic rings. The van der Waals surface area contributed by atoms with Crippen molar-refractivity contribution in [3.05, 3.63) is 18.0 Å². The molecule has 0 aromatic carbocycles. The van der Waals surface area contributed by atoms with Gasteiger partial charge in [0.2, 0.25) is 0 Å². The van der Waals surface area contributed by atoms with E-state index in [1.165, 1.54) is 0 Å². The molecule has 1 heterocycles. The zero-order valence-corrected chi connectivity index (χ0v) is 12.2. The molecule has 19 heavy (non-hydrogen) atoms. The number of aryl methyl sites for hydroxylation is 1. The van der Waals surface area contributed by atoms with Crippen LogP contribution in [0.5, 0.6) is 0 Å². The highest BCUT2D eigenvalue weighted by Gasteiger charge is 2.13. The molecule has 0 saturated carbocycles. The number of hydrogen-bond acceptors (Lipinski definition) is 3. The van der Waals surface area contributed by atoms with Crippen LogP contribution in [-0.4, -0.2) is 47.0 Å². The fourth-order valence-electron chi connectivity index (χ4n) is 1.63. The summed E-state index contributed by atoms with van der Waals surface area (Å²) >= 11 is 0. The number of nitrogens with zero attached hydrogens (tertiary/aromatic N) is 3. The maximum Gasteiger partial charge on any atom is 0.317 e. The van der Waals surface area contributed by atoms with E-state index in [0.717, 1.165) is 12.1 Å². The first-order valence-electron chi connectivity index (χ1n) is 6.67. The highest BCUT2D eigenvalue weighted by atomic mass is 16.5. The van der Waals surface area contributed by atoms with Gasteiger partial charge in [-0.05, 0) is 20.8 Å². The largest absolute Gasteiger partial charge is 0.380 e. The van der Waals surface area contributed by atoms with Gasteiger partial charge in [-0.2, -0.15) is 5.10 Å². The molecule has 0 spiro atoms. The maximum absolute atomic E-state index is 12.0. The van der Waals surface area contributed by atoms with Crippen molar-refractivity contribution in [3.63, 3.8) is 0 Å². The average molecular weight is 268 g/mol. The van der Waals surface area contributed by atoms with Crippen molar-refractivity contribution in [3.8, 4) is 0 Å². The van der Waals surface area contributed by atoms with Crippen LogP contribution in [0.2, 0.25) is 0 Å². The smallest absolute Gasteiger partial charge is 0.317 e. The average Bonchev–Trinajstić information content (AvgIpc) is 2.89. The second kappa shape index (κ2) is 7.78. The van der Waals surface area contributed by atoms with Crippen molar-refractivity contribution in [2.45, 2.75) is 40.0 Å². The minimum atomic E-state index is -0.0735. The second-order valence-electron chi connectivity index (χ2n) is 4.45. The van der Waals surface area contributed by atoms with Crippen LogP contribution in [0.4, 0.5) is 4.79 Å². The van der Waals surface area contributed by atoms with Crippen LogP contribution in [-0.2, 0) is 17.8 Å². The molecule has 0 unspecified atom stereocenters. The first-order valence-corrected chi connectivity index (χ1v) is 6.67. The molecule has 0 saturated heterocycles. The van der Waals surface area contributed by atoms with E-state index in [1.54, 1.807) is 18.2 Å². The molecular formula is C13H24N4O2. The Labute approximate surface area is 114 Å². The van der Waals surface area contributed by atoms with E-state index in [4.69, 9.17) is 4.74 Å². The number of carbonyl (C=O) groups is 1. The quantitative estimate of drug-likeness (QED) is 0.814. The predicted molar refractivity (Wildman–Crippen MR) is 73.9 cm³/mol. The van der Waals surface area contributed by atoms with Gasteiger partial charge >= 0.3 is 6.03 Å². The Morgan fingerprint density at radius 1 is 1.58 bits per heavy atom. The summed E-state index contributed by atoms with van der Waals surface area (Å²) in [5.41, 5.74) is 1.04. The van der Waals surface area contributed by atoms with Crippen molar-refractivity contribution in [1.82, 2.24) is 20.0 Å². The summed E-state index contributed by atoms with van der Waals surface area (Å²) in [6, 6.07) is -0.0735. The zero-order chi connectivity index (χ0) is 14.3. The van der Waals surface area contributed by atoms with Crippen molar-refractivity contribution in [2.24, 2.45) is 0 Å². The van der Waals surface area contributed by atoms with E-state index >= 15 is 0 Å². The summed E-state index contributed by atoms with van der Waals surface area (Å²) in [5, 5.41) is 7.07. The summed E-state index contributed by atoms with van der Waals surface area (Å²) in [6.07, 6.45) is 3.79. The van der Waals surface area contributed by atoms with E-state index in [1.807, 2.05) is 31.6 Å². The van der Waals surface area contributed by atoms with E-state index < -0.39 is 0 Å². The van der Waals surface area contributed by atoms with Crippen molar-refractivity contribution < 1.29 is 9.53 Å². The number of urea groups is 1. The summed E-state index contributed by atoms with van der Waals surface area (Å²) in [7, 11) is 1.63. The number of amides is 2. The van der Waals surface area contributed by atoms with E-state index in [9.17, 15) is 4.79 Å². The molecule has 0 bridgehead atoms. The van der Waals surface area contributed by atoms with Crippen molar-refractivity contribution in [1.29, 1.82) is 0 Å². The number of aromatic nitrogens is 2.